The Balaban J connectivity index is 2.48. The van der Waals surface area contributed by atoms with Gasteiger partial charge in [0.1, 0.15) is 5.82 Å². The molecule has 0 spiro atoms. The number of hydrogen-bond acceptors (Lipinski definition) is 4. The van der Waals surface area contributed by atoms with E-state index < -0.39 is 0 Å². The summed E-state index contributed by atoms with van der Waals surface area (Å²) in [5.74, 6) is 6.31. The Labute approximate surface area is 108 Å². The molecule has 1 aromatic rings. The fraction of sp³-hybridized carbons (Fsp3) is 0.538. The average molecular weight is 250 g/mol. The molecule has 0 aromatic carbocycles. The lowest BCUT2D eigenvalue weighted by molar-refractivity contribution is 0.0937. The lowest BCUT2D eigenvalue weighted by Gasteiger charge is -2.15. The molecule has 1 amide bonds. The fourth-order valence-corrected chi connectivity index (χ4v) is 1.58. The Kier molecular flexibility index (Phi) is 5.58. The molecule has 0 saturated carbocycles. The molecule has 100 valence electrons. The van der Waals surface area contributed by atoms with E-state index in [1.807, 2.05) is 6.92 Å². The number of pyridine rings is 1. The number of carbonyl (C=O) groups excluding carboxylic acids is 1. The number of amides is 1. The molecule has 0 saturated heterocycles. The average Bonchev–Trinajstić information content (AvgIpc) is 2.36. The van der Waals surface area contributed by atoms with Crippen molar-refractivity contribution < 1.29 is 4.79 Å². The lowest BCUT2D eigenvalue weighted by atomic mass is 10.0. The maximum absolute atomic E-state index is 11.9. The topological polar surface area (TPSA) is 80.0 Å². The third-order valence-corrected chi connectivity index (χ3v) is 2.73. The van der Waals surface area contributed by atoms with E-state index in [2.05, 4.69) is 29.6 Å². The van der Waals surface area contributed by atoms with Crippen molar-refractivity contribution >= 4 is 11.7 Å². The van der Waals surface area contributed by atoms with Gasteiger partial charge in [-0.1, -0.05) is 13.8 Å². The van der Waals surface area contributed by atoms with Crippen LogP contribution in [-0.4, -0.2) is 16.9 Å². The molecule has 0 bridgehead atoms. The molecule has 0 fully saturated rings. The lowest BCUT2D eigenvalue weighted by Crippen LogP contribution is -2.32. The first kappa shape index (κ1) is 14.4. The van der Waals surface area contributed by atoms with Crippen molar-refractivity contribution in [3.8, 4) is 0 Å². The monoisotopic (exact) mass is 250 g/mol. The van der Waals surface area contributed by atoms with E-state index >= 15 is 0 Å². The van der Waals surface area contributed by atoms with Crippen LogP contribution in [0.1, 0.15) is 44.0 Å². The molecule has 5 nitrogen and oxygen atoms in total. The number of nitrogens with one attached hydrogen (secondary N) is 2. The van der Waals surface area contributed by atoms with Gasteiger partial charge in [0.05, 0.1) is 5.56 Å². The van der Waals surface area contributed by atoms with Crippen molar-refractivity contribution in [3.05, 3.63) is 23.9 Å². The summed E-state index contributed by atoms with van der Waals surface area (Å²) < 4.78 is 0. The maximum atomic E-state index is 11.9. The number of anilines is 1. The highest BCUT2D eigenvalue weighted by Crippen LogP contribution is 2.08. The third kappa shape index (κ3) is 4.71. The first-order valence-electron chi connectivity index (χ1n) is 6.26. The van der Waals surface area contributed by atoms with Gasteiger partial charge in [0.2, 0.25) is 0 Å². The second kappa shape index (κ2) is 6.96. The van der Waals surface area contributed by atoms with Crippen LogP contribution < -0.4 is 16.6 Å². The van der Waals surface area contributed by atoms with Gasteiger partial charge in [0.25, 0.3) is 5.91 Å². The summed E-state index contributed by atoms with van der Waals surface area (Å²) in [5, 5.41) is 2.96. The number of carbonyl (C=O) groups is 1. The number of hydrogen-bond donors (Lipinski definition) is 3. The van der Waals surface area contributed by atoms with Crippen LogP contribution in [0.3, 0.4) is 0 Å². The van der Waals surface area contributed by atoms with Crippen LogP contribution in [0.25, 0.3) is 0 Å². The van der Waals surface area contributed by atoms with Crippen LogP contribution >= 0.6 is 0 Å². The molecule has 1 unspecified atom stereocenters. The largest absolute Gasteiger partial charge is 0.350 e. The van der Waals surface area contributed by atoms with Crippen molar-refractivity contribution in [3.63, 3.8) is 0 Å². The van der Waals surface area contributed by atoms with Crippen molar-refractivity contribution in [2.45, 2.75) is 39.7 Å². The van der Waals surface area contributed by atoms with Crippen molar-refractivity contribution in [1.82, 2.24) is 10.3 Å². The standard InChI is InChI=1S/C13H22N4O/c1-9(2)4-5-10(3)16-13(18)11-6-7-12(17-14)15-8-11/h6-10H,4-5,14H2,1-3H3,(H,15,17)(H,16,18). The first-order chi connectivity index (χ1) is 8.52. The number of aromatic nitrogens is 1. The molecule has 4 N–H and O–H groups in total. The smallest absolute Gasteiger partial charge is 0.253 e. The number of nitrogens with zero attached hydrogens (tertiary/aromatic N) is 1. The molecule has 1 heterocycles. The number of hydrazine groups is 1. The van der Waals surface area contributed by atoms with Crippen LogP contribution in [-0.2, 0) is 0 Å². The van der Waals surface area contributed by atoms with Crippen LogP contribution in [0, 0.1) is 5.92 Å². The summed E-state index contributed by atoms with van der Waals surface area (Å²) in [6.45, 7) is 6.37. The summed E-state index contributed by atoms with van der Waals surface area (Å²) in [6.07, 6.45) is 3.61. The minimum atomic E-state index is -0.0951. The summed E-state index contributed by atoms with van der Waals surface area (Å²) in [5.41, 5.74) is 2.97. The summed E-state index contributed by atoms with van der Waals surface area (Å²) in [7, 11) is 0. The van der Waals surface area contributed by atoms with Gasteiger partial charge in [-0.25, -0.2) is 10.8 Å². The zero-order valence-electron chi connectivity index (χ0n) is 11.2. The van der Waals surface area contributed by atoms with Gasteiger partial charge in [-0.3, -0.25) is 4.79 Å². The summed E-state index contributed by atoms with van der Waals surface area (Å²) in [4.78, 5) is 15.9. The third-order valence-electron chi connectivity index (χ3n) is 2.73. The van der Waals surface area contributed by atoms with Gasteiger partial charge in [-0.15, -0.1) is 0 Å². The predicted octanol–water partition coefficient (Wildman–Crippen LogP) is 1.92. The van der Waals surface area contributed by atoms with Crippen molar-refractivity contribution in [1.29, 1.82) is 0 Å². The van der Waals surface area contributed by atoms with E-state index in [4.69, 9.17) is 5.84 Å². The van der Waals surface area contributed by atoms with E-state index in [0.29, 0.717) is 17.3 Å². The van der Waals surface area contributed by atoms with Gasteiger partial charge < -0.3 is 10.7 Å². The Hall–Kier alpha value is -1.62. The molecule has 0 aliphatic carbocycles. The highest BCUT2D eigenvalue weighted by atomic mass is 16.1. The van der Waals surface area contributed by atoms with Crippen LogP contribution in [0.15, 0.2) is 18.3 Å². The van der Waals surface area contributed by atoms with Crippen molar-refractivity contribution in [2.24, 2.45) is 11.8 Å². The first-order valence-corrected chi connectivity index (χ1v) is 6.26. The van der Waals surface area contributed by atoms with E-state index in [9.17, 15) is 4.79 Å². The summed E-state index contributed by atoms with van der Waals surface area (Å²) in [6, 6.07) is 3.55. The van der Waals surface area contributed by atoms with Crippen LogP contribution in [0.5, 0.6) is 0 Å². The Bertz CT molecular complexity index is 375. The van der Waals surface area contributed by atoms with Gasteiger partial charge in [0, 0.05) is 12.2 Å². The van der Waals surface area contributed by atoms with Gasteiger partial charge >= 0.3 is 0 Å². The molecule has 0 aliphatic heterocycles. The summed E-state index contributed by atoms with van der Waals surface area (Å²) >= 11 is 0. The SMILES string of the molecule is CC(C)CCC(C)NC(=O)c1ccc(NN)nc1. The molecule has 5 heteroatoms. The zero-order valence-corrected chi connectivity index (χ0v) is 11.2. The zero-order chi connectivity index (χ0) is 13.5. The van der Waals surface area contributed by atoms with E-state index in [-0.39, 0.29) is 11.9 Å². The Morgan fingerprint density at radius 2 is 2.06 bits per heavy atom. The minimum Gasteiger partial charge on any atom is -0.350 e. The molecule has 1 aromatic heterocycles. The normalized spacial score (nSPS) is 12.3. The van der Waals surface area contributed by atoms with Gasteiger partial charge in [0.15, 0.2) is 0 Å². The number of rotatable bonds is 6. The molecule has 0 radical (unpaired) electrons. The molecule has 0 aliphatic rings. The predicted molar refractivity (Wildman–Crippen MR) is 73.0 cm³/mol. The van der Waals surface area contributed by atoms with Gasteiger partial charge in [-0.05, 0) is 37.8 Å². The Morgan fingerprint density at radius 1 is 1.33 bits per heavy atom. The molecular weight excluding hydrogens is 228 g/mol. The fourth-order valence-electron chi connectivity index (χ4n) is 1.58. The van der Waals surface area contributed by atoms with E-state index in [1.165, 1.54) is 6.20 Å². The second-order valence-electron chi connectivity index (χ2n) is 4.92. The van der Waals surface area contributed by atoms with E-state index in [0.717, 1.165) is 12.8 Å². The Morgan fingerprint density at radius 3 is 2.56 bits per heavy atom. The molecule has 1 rings (SSSR count). The number of nitrogens with two attached hydrogens (primary N) is 1. The molecular formula is C13H22N4O. The highest BCUT2D eigenvalue weighted by molar-refractivity contribution is 5.94. The van der Waals surface area contributed by atoms with Gasteiger partial charge in [-0.2, -0.15) is 0 Å². The molecule has 1 atom stereocenters. The van der Waals surface area contributed by atoms with E-state index in [1.54, 1.807) is 12.1 Å². The number of nitrogen functional groups attached to an aromatic ring is 1. The maximum Gasteiger partial charge on any atom is 0.253 e. The second-order valence-corrected chi connectivity index (χ2v) is 4.92. The molecule has 18 heavy (non-hydrogen) atoms. The van der Waals surface area contributed by atoms with Crippen molar-refractivity contribution in [2.75, 3.05) is 5.43 Å². The quantitative estimate of drug-likeness (QED) is 0.532. The van der Waals surface area contributed by atoms with Crippen LogP contribution in [0.4, 0.5) is 5.82 Å². The van der Waals surface area contributed by atoms with Crippen LogP contribution in [0.2, 0.25) is 0 Å². The highest BCUT2D eigenvalue weighted by Gasteiger charge is 2.10. The minimum absolute atomic E-state index is 0.0951.